The molecule has 0 heterocycles. The Morgan fingerprint density at radius 3 is 0.700 bits per heavy atom. The Kier molecular flexibility index (Phi) is 41.4. The van der Waals surface area contributed by atoms with Crippen LogP contribution in [0.2, 0.25) is 0 Å². The third-order valence-corrected chi connectivity index (χ3v) is 21.3. The molecule has 12 rings (SSSR count). The molecule has 2 aliphatic carbocycles. The molecule has 0 N–H and O–H groups in total. The van der Waals surface area contributed by atoms with Crippen LogP contribution in [-0.4, -0.2) is 74.0 Å². The molecule has 130 heavy (non-hydrogen) atoms. The van der Waals surface area contributed by atoms with E-state index in [2.05, 4.69) is 81.4 Å². The molecule has 0 aliphatic heterocycles. The second-order valence-electron chi connectivity index (χ2n) is 41.3. The average Bonchev–Trinajstić information content (AvgIpc) is 0.949. The number of benzene rings is 10. The van der Waals surface area contributed by atoms with Crippen LogP contribution in [-0.2, 0) is 24.6 Å². The van der Waals surface area contributed by atoms with Gasteiger partial charge in [0.1, 0.15) is 60.9 Å². The van der Waals surface area contributed by atoms with Gasteiger partial charge in [-0.3, -0.25) is 33.6 Å². The summed E-state index contributed by atoms with van der Waals surface area (Å²) in [7, 11) is 1.63. The number of hydrogen-bond donors (Lipinski definition) is 0. The van der Waals surface area contributed by atoms with Crippen LogP contribution in [0.15, 0.2) is 243 Å². The zero-order valence-electron chi connectivity index (χ0n) is 82.9. The lowest BCUT2D eigenvalue weighted by Crippen LogP contribution is -2.20. The summed E-state index contributed by atoms with van der Waals surface area (Å²) in [5, 5.41) is 0. The van der Waals surface area contributed by atoms with Crippen LogP contribution in [0.1, 0.15) is 302 Å². The molecule has 0 unspecified atom stereocenters. The van der Waals surface area contributed by atoms with Crippen LogP contribution in [0.5, 0.6) is 34.5 Å². The van der Waals surface area contributed by atoms with Crippen molar-refractivity contribution in [2.45, 2.75) is 238 Å². The smallest absolute Gasteiger partial charge is 0.168 e. The number of carbonyl (C=O) groups excluding carboxylic acids is 7. The fourth-order valence-electron chi connectivity index (χ4n) is 12.9. The molecule has 0 bridgehead atoms. The Bertz CT molecular complexity index is 5020. The van der Waals surface area contributed by atoms with E-state index >= 15 is 0 Å². The lowest BCUT2D eigenvalue weighted by atomic mass is 9.86. The number of hydrogen-bond acceptors (Lipinski definition) is 14. The second kappa shape index (κ2) is 50.2. The first-order valence-electron chi connectivity index (χ1n) is 45.8. The van der Waals surface area contributed by atoms with E-state index in [9.17, 15) is 33.6 Å². The SMILES string of the molecule is CC(C)(C)C(=O)c1ccc(OCC2CC2)cc1.CC(C)(C)C(=O)c1ccc(OCC2CCCCC2)cc1.COCCOc1ccc(C(=O)C(C)(C)C)cc1.Cc1ccc(C(=O)C(C)(C)C)cc1.Cc1ccc(COc2ccc(C(=O)C(C)(C)C)cc2)cc1.Cc1ccc(COc2ccc(C(=O)C(C)(C)C)cc2)cc1.Cc1cccc(COc2ccc(C(=O)C(C)(C)C)cc2)c1. The monoisotopic (exact) mass is 1770 g/mol. The summed E-state index contributed by atoms with van der Waals surface area (Å²) in [5.74, 6) is 7.43. The van der Waals surface area contributed by atoms with Crippen molar-refractivity contribution in [2.24, 2.45) is 49.7 Å². The van der Waals surface area contributed by atoms with Crippen molar-refractivity contribution in [3.63, 3.8) is 0 Å². The standard InChI is InChI=1S/3C19H22O2.C18H26O2.C15H20O2.C14H20O3.C12H16O/c2*1-14-5-7-15(8-6-14)13-21-17-11-9-16(10-12-17)18(20)19(2,3)4;1-14-6-5-7-15(12-14)13-21-17-10-8-16(9-11-17)18(20)19(2,3)4;1-18(2,3)17(19)15-9-11-16(12-10-15)20-13-14-7-5-4-6-8-14;1-15(2,3)14(16)12-6-8-13(9-7-12)17-10-11-4-5-11;1-14(2,3)13(15)11-5-7-12(8-6-11)17-10-9-16-4;1-9-5-7-10(8-6-9)11(13)12(2,3)4/h3*5-12H,13H2,1-4H3;9-12,14H,4-8,13H2,1-3H3;6-9,11H,4-5,10H2,1-3H3;5-8H,9-10H2,1-4H3;5-8H,1-4H3. The summed E-state index contributed by atoms with van der Waals surface area (Å²) >= 11 is 0. The summed E-state index contributed by atoms with van der Waals surface area (Å²) in [6.07, 6.45) is 9.22. The first kappa shape index (κ1) is 107. The van der Waals surface area contributed by atoms with E-state index in [-0.39, 0.29) is 78.4 Å². The van der Waals surface area contributed by atoms with Gasteiger partial charge >= 0.3 is 0 Å². The van der Waals surface area contributed by atoms with Gasteiger partial charge < -0.3 is 33.2 Å². The topological polar surface area (TPSA) is 184 Å². The molecule has 14 heteroatoms. The van der Waals surface area contributed by atoms with E-state index in [1.54, 1.807) is 19.2 Å². The molecule has 2 aliphatic rings. The minimum Gasteiger partial charge on any atom is -0.493 e. The van der Waals surface area contributed by atoms with E-state index < -0.39 is 0 Å². The largest absolute Gasteiger partial charge is 0.493 e. The van der Waals surface area contributed by atoms with Gasteiger partial charge in [0.2, 0.25) is 0 Å². The van der Waals surface area contributed by atoms with Crippen LogP contribution in [0.3, 0.4) is 0 Å². The number of ketones is 7. The minimum atomic E-state index is -0.357. The van der Waals surface area contributed by atoms with Gasteiger partial charge in [0.05, 0.1) is 19.8 Å². The first-order valence-corrected chi connectivity index (χ1v) is 45.8. The van der Waals surface area contributed by atoms with Crippen molar-refractivity contribution in [1.82, 2.24) is 0 Å². The Hall–Kier alpha value is -11.4. The lowest BCUT2D eigenvalue weighted by Gasteiger charge is -2.21. The van der Waals surface area contributed by atoms with Crippen molar-refractivity contribution in [1.29, 1.82) is 0 Å². The van der Waals surface area contributed by atoms with Crippen molar-refractivity contribution in [3.05, 3.63) is 321 Å². The van der Waals surface area contributed by atoms with Gasteiger partial charge in [-0.1, -0.05) is 284 Å². The molecule has 14 nitrogen and oxygen atoms in total. The number of carbonyl (C=O) groups is 7. The highest BCUT2D eigenvalue weighted by Crippen LogP contribution is 2.33. The van der Waals surface area contributed by atoms with Gasteiger partial charge in [0.25, 0.3) is 0 Å². The Balaban J connectivity index is 0.000000235. The van der Waals surface area contributed by atoms with Gasteiger partial charge in [-0.2, -0.15) is 0 Å². The van der Waals surface area contributed by atoms with Crippen molar-refractivity contribution in [2.75, 3.05) is 33.5 Å². The molecular formula is C116H148O14. The second-order valence-corrected chi connectivity index (χ2v) is 41.3. The summed E-state index contributed by atoms with van der Waals surface area (Å²) in [6.45, 7) is 53.1. The summed E-state index contributed by atoms with van der Waals surface area (Å²) in [4.78, 5) is 84.4. The lowest BCUT2D eigenvalue weighted by molar-refractivity contribution is 0.0852. The van der Waals surface area contributed by atoms with E-state index in [0.717, 1.165) is 109 Å². The third-order valence-electron chi connectivity index (χ3n) is 21.3. The zero-order valence-corrected chi connectivity index (χ0v) is 82.9. The van der Waals surface area contributed by atoms with Crippen molar-refractivity contribution >= 4 is 40.5 Å². The molecule has 10 aromatic carbocycles. The molecule has 0 aromatic heterocycles. The van der Waals surface area contributed by atoms with Crippen LogP contribution in [0.4, 0.5) is 0 Å². The average molecular weight is 1770 g/mol. The summed E-state index contributed by atoms with van der Waals surface area (Å²) in [5.41, 5.74) is 11.2. The maximum Gasteiger partial charge on any atom is 0.168 e. The van der Waals surface area contributed by atoms with E-state index in [1.807, 2.05) is 322 Å². The van der Waals surface area contributed by atoms with E-state index in [1.165, 1.54) is 67.2 Å². The van der Waals surface area contributed by atoms with Crippen LogP contribution < -0.4 is 28.4 Å². The highest BCUT2D eigenvalue weighted by atomic mass is 16.5. The van der Waals surface area contributed by atoms with Gasteiger partial charge in [-0.05, 0) is 227 Å². The fraction of sp³-hybridized carbons (Fsp3) is 0.422. The molecule has 2 fully saturated rings. The van der Waals surface area contributed by atoms with Gasteiger partial charge in [0.15, 0.2) is 40.5 Å². The van der Waals surface area contributed by atoms with Gasteiger partial charge in [-0.25, -0.2) is 0 Å². The normalized spacial score (nSPS) is 12.7. The summed E-state index contributed by atoms with van der Waals surface area (Å²) in [6, 6.07) is 77.0. The molecule has 2 saturated carbocycles. The molecule has 0 radical (unpaired) electrons. The van der Waals surface area contributed by atoms with E-state index in [4.69, 9.17) is 33.2 Å². The molecule has 0 amide bonds. The number of aryl methyl sites for hydroxylation is 4. The van der Waals surface area contributed by atoms with Crippen LogP contribution in [0.25, 0.3) is 0 Å². The first-order chi connectivity index (χ1) is 60.9. The molecule has 10 aromatic rings. The highest BCUT2D eigenvalue weighted by Gasteiger charge is 2.29. The number of methoxy groups -OCH3 is 1. The molecule has 0 spiro atoms. The Labute approximate surface area is 778 Å². The quantitative estimate of drug-likeness (QED) is 0.0368. The Morgan fingerprint density at radius 1 is 0.238 bits per heavy atom. The van der Waals surface area contributed by atoms with Crippen LogP contribution in [0, 0.1) is 77.4 Å². The maximum absolute atomic E-state index is 12.2. The number of Topliss-reactive ketones (excluding diaryl/α,β-unsaturated/α-hetero) is 7. The Morgan fingerprint density at radius 2 is 0.462 bits per heavy atom. The zero-order chi connectivity index (χ0) is 96.4. The van der Waals surface area contributed by atoms with Crippen LogP contribution >= 0.6 is 0 Å². The number of rotatable bonds is 26. The van der Waals surface area contributed by atoms with Gasteiger partial charge in [0, 0.05) is 84.0 Å². The number of ether oxygens (including phenoxy) is 7. The van der Waals surface area contributed by atoms with Crippen molar-refractivity contribution in [3.8, 4) is 34.5 Å². The predicted octanol–water partition coefficient (Wildman–Crippen LogP) is 29.2. The van der Waals surface area contributed by atoms with Crippen molar-refractivity contribution < 1.29 is 66.7 Å². The molecule has 0 saturated heterocycles. The highest BCUT2D eigenvalue weighted by molar-refractivity contribution is 6.03. The summed E-state index contributed by atoms with van der Waals surface area (Å²) < 4.78 is 39.1. The van der Waals surface area contributed by atoms with E-state index in [0.29, 0.717) is 39.0 Å². The van der Waals surface area contributed by atoms with Gasteiger partial charge in [-0.15, -0.1) is 0 Å². The molecule has 696 valence electrons. The third kappa shape index (κ3) is 39.1. The predicted molar refractivity (Wildman–Crippen MR) is 531 cm³/mol. The molecule has 0 atom stereocenters. The fourth-order valence-corrected chi connectivity index (χ4v) is 12.9. The molecular weight excluding hydrogens is 1620 g/mol. The minimum absolute atomic E-state index is 0.140. The maximum atomic E-state index is 12.2.